The molecule has 0 amide bonds. The van der Waals surface area contributed by atoms with E-state index in [-0.39, 0.29) is 10.6 Å². The molecule has 1 heterocycles. The second kappa shape index (κ2) is 10.00. The van der Waals surface area contributed by atoms with Crippen molar-refractivity contribution in [1.29, 1.82) is 0 Å². The Morgan fingerprint density at radius 2 is 1.67 bits per heavy atom. The van der Waals surface area contributed by atoms with Gasteiger partial charge in [-0.2, -0.15) is 0 Å². The van der Waals surface area contributed by atoms with Crippen LogP contribution in [-0.4, -0.2) is 15.0 Å². The van der Waals surface area contributed by atoms with Crippen molar-refractivity contribution in [2.75, 3.05) is 16.6 Å². The maximum absolute atomic E-state index is 13.2. The lowest BCUT2D eigenvalue weighted by Crippen LogP contribution is -2.23. The normalized spacial score (nSPS) is 15.1. The Morgan fingerprint density at radius 1 is 0.970 bits per heavy atom. The summed E-state index contributed by atoms with van der Waals surface area (Å²) in [5.41, 5.74) is 1.20. The highest BCUT2D eigenvalue weighted by molar-refractivity contribution is 7.92. The summed E-state index contributed by atoms with van der Waals surface area (Å²) in [6.07, 6.45) is 6.81. The molecule has 2 N–H and O–H groups in total. The number of hydrogen-bond acceptors (Lipinski definition) is 5. The number of fused-ring (bicyclic) bond motifs is 1. The number of nitrogens with one attached hydrogen (secondary N) is 2. The summed E-state index contributed by atoms with van der Waals surface area (Å²) < 4.78 is 34.3. The fraction of sp³-hybridized carbons (Fsp3) is 0.423. The smallest absolute Gasteiger partial charge is 0.363 e. The van der Waals surface area contributed by atoms with Gasteiger partial charge in [0.15, 0.2) is 5.69 Å². The number of anilines is 2. The molecule has 7 heteroatoms. The van der Waals surface area contributed by atoms with Crippen molar-refractivity contribution < 1.29 is 12.8 Å². The van der Waals surface area contributed by atoms with Gasteiger partial charge in [0, 0.05) is 11.9 Å². The average molecular weight is 469 g/mol. The Labute approximate surface area is 195 Å². The highest BCUT2D eigenvalue weighted by Crippen LogP contribution is 2.32. The molecule has 4 rings (SSSR count). The van der Waals surface area contributed by atoms with E-state index >= 15 is 0 Å². The standard InChI is InChI=1S/C26H32N2O4S/c1-18(2)16-19-12-14-21(15-13-19)33(30,31)28-25-24(27-17-20-8-4-3-5-9-20)22-10-6-7-11-23(22)32-26(25)29/h6-7,10-15,18,20,27-28H,3-5,8-9,16-17H2,1-2H3. The Bertz CT molecular complexity index is 1260. The van der Waals surface area contributed by atoms with Gasteiger partial charge in [0.1, 0.15) is 5.58 Å². The van der Waals surface area contributed by atoms with Crippen LogP contribution in [0.3, 0.4) is 0 Å². The molecule has 6 nitrogen and oxygen atoms in total. The van der Waals surface area contributed by atoms with E-state index in [1.54, 1.807) is 24.3 Å². The Kier molecular flexibility index (Phi) is 7.08. The monoisotopic (exact) mass is 468 g/mol. The van der Waals surface area contributed by atoms with Gasteiger partial charge in [0.05, 0.1) is 10.6 Å². The van der Waals surface area contributed by atoms with Crippen LogP contribution in [0.1, 0.15) is 51.5 Å². The molecule has 176 valence electrons. The molecule has 2 aromatic carbocycles. The number of hydrogen-bond donors (Lipinski definition) is 2. The van der Waals surface area contributed by atoms with Gasteiger partial charge in [0.2, 0.25) is 0 Å². The minimum absolute atomic E-state index is 0.0734. The number of benzene rings is 2. The minimum Gasteiger partial charge on any atom is -0.421 e. The largest absolute Gasteiger partial charge is 0.421 e. The third kappa shape index (κ3) is 5.58. The summed E-state index contributed by atoms with van der Waals surface area (Å²) in [6, 6.07) is 14.0. The van der Waals surface area contributed by atoms with Crippen molar-refractivity contribution in [2.45, 2.75) is 57.3 Å². The van der Waals surface area contributed by atoms with E-state index in [1.165, 1.54) is 19.3 Å². The fourth-order valence-corrected chi connectivity index (χ4v) is 5.60. The third-order valence-electron chi connectivity index (χ3n) is 6.22. The molecule has 1 aromatic heterocycles. The van der Waals surface area contributed by atoms with E-state index in [2.05, 4.69) is 23.9 Å². The predicted octanol–water partition coefficient (Wildman–Crippen LogP) is 5.78. The van der Waals surface area contributed by atoms with Crippen LogP contribution in [0.5, 0.6) is 0 Å². The van der Waals surface area contributed by atoms with Gasteiger partial charge in [-0.3, -0.25) is 4.72 Å². The van der Waals surface area contributed by atoms with Crippen LogP contribution in [0, 0.1) is 11.8 Å². The predicted molar refractivity (Wildman–Crippen MR) is 133 cm³/mol. The van der Waals surface area contributed by atoms with Gasteiger partial charge in [0.25, 0.3) is 10.0 Å². The zero-order chi connectivity index (χ0) is 23.4. The summed E-state index contributed by atoms with van der Waals surface area (Å²) >= 11 is 0. The molecular formula is C26H32N2O4S. The van der Waals surface area contributed by atoms with Crippen molar-refractivity contribution in [3.8, 4) is 0 Å². The fourth-order valence-electron chi connectivity index (χ4n) is 4.53. The zero-order valence-corrected chi connectivity index (χ0v) is 20.1. The van der Waals surface area contributed by atoms with Gasteiger partial charge in [-0.1, -0.05) is 57.4 Å². The Balaban J connectivity index is 1.67. The molecule has 0 bridgehead atoms. The first-order chi connectivity index (χ1) is 15.8. The first-order valence-corrected chi connectivity index (χ1v) is 13.2. The second-order valence-corrected chi connectivity index (χ2v) is 11.1. The van der Waals surface area contributed by atoms with Crippen molar-refractivity contribution in [3.63, 3.8) is 0 Å². The van der Waals surface area contributed by atoms with Crippen LogP contribution in [-0.2, 0) is 16.4 Å². The summed E-state index contributed by atoms with van der Waals surface area (Å²) in [6.45, 7) is 4.92. The number of rotatable bonds is 8. The molecule has 3 aromatic rings. The topological polar surface area (TPSA) is 88.4 Å². The summed E-state index contributed by atoms with van der Waals surface area (Å²) in [4.78, 5) is 13.0. The molecule has 0 unspecified atom stereocenters. The highest BCUT2D eigenvalue weighted by Gasteiger charge is 2.23. The van der Waals surface area contributed by atoms with Crippen molar-refractivity contribution in [1.82, 2.24) is 0 Å². The van der Waals surface area contributed by atoms with E-state index in [4.69, 9.17) is 4.42 Å². The van der Waals surface area contributed by atoms with Crippen LogP contribution in [0.15, 0.2) is 62.6 Å². The Morgan fingerprint density at radius 3 is 2.36 bits per heavy atom. The van der Waals surface area contributed by atoms with E-state index in [0.717, 1.165) is 24.8 Å². The van der Waals surface area contributed by atoms with Crippen LogP contribution < -0.4 is 15.7 Å². The first-order valence-electron chi connectivity index (χ1n) is 11.7. The first kappa shape index (κ1) is 23.4. The molecule has 0 spiro atoms. The molecule has 0 aliphatic heterocycles. The SMILES string of the molecule is CC(C)Cc1ccc(S(=O)(=O)Nc2c(NCC3CCCCC3)c3ccccc3oc2=O)cc1. The van der Waals surface area contributed by atoms with E-state index in [1.807, 2.05) is 24.3 Å². The Hall–Kier alpha value is -2.80. The highest BCUT2D eigenvalue weighted by atomic mass is 32.2. The molecule has 1 aliphatic rings. The lowest BCUT2D eigenvalue weighted by Gasteiger charge is -2.23. The summed E-state index contributed by atoms with van der Waals surface area (Å²) in [5, 5.41) is 4.06. The van der Waals surface area contributed by atoms with Gasteiger partial charge < -0.3 is 9.73 Å². The van der Waals surface area contributed by atoms with E-state index in [0.29, 0.717) is 35.0 Å². The maximum atomic E-state index is 13.2. The van der Waals surface area contributed by atoms with Crippen molar-refractivity contribution in [3.05, 3.63) is 64.5 Å². The van der Waals surface area contributed by atoms with Gasteiger partial charge in [-0.25, -0.2) is 13.2 Å². The number of sulfonamides is 1. The van der Waals surface area contributed by atoms with Gasteiger partial charge >= 0.3 is 5.63 Å². The third-order valence-corrected chi connectivity index (χ3v) is 7.59. The van der Waals surface area contributed by atoms with Crippen molar-refractivity contribution >= 4 is 32.4 Å². The molecular weight excluding hydrogens is 436 g/mol. The van der Waals surface area contributed by atoms with E-state index < -0.39 is 15.6 Å². The lowest BCUT2D eigenvalue weighted by molar-refractivity contribution is 0.373. The van der Waals surface area contributed by atoms with Crippen LogP contribution in [0.2, 0.25) is 0 Å². The molecule has 33 heavy (non-hydrogen) atoms. The maximum Gasteiger partial charge on any atom is 0.363 e. The quantitative estimate of drug-likeness (QED) is 0.409. The van der Waals surface area contributed by atoms with Crippen LogP contribution in [0.4, 0.5) is 11.4 Å². The molecule has 0 radical (unpaired) electrons. The molecule has 1 aliphatic carbocycles. The van der Waals surface area contributed by atoms with Crippen LogP contribution in [0.25, 0.3) is 11.0 Å². The van der Waals surface area contributed by atoms with Gasteiger partial charge in [-0.15, -0.1) is 0 Å². The molecule has 0 saturated heterocycles. The van der Waals surface area contributed by atoms with Crippen molar-refractivity contribution in [2.24, 2.45) is 11.8 Å². The van der Waals surface area contributed by atoms with E-state index in [9.17, 15) is 13.2 Å². The average Bonchev–Trinajstić information content (AvgIpc) is 2.79. The van der Waals surface area contributed by atoms with Gasteiger partial charge in [-0.05, 0) is 60.9 Å². The zero-order valence-electron chi connectivity index (χ0n) is 19.3. The number of para-hydroxylation sites is 1. The molecule has 0 atom stereocenters. The van der Waals surface area contributed by atoms with Crippen LogP contribution >= 0.6 is 0 Å². The second-order valence-electron chi connectivity index (χ2n) is 9.37. The minimum atomic E-state index is -3.97. The summed E-state index contributed by atoms with van der Waals surface area (Å²) in [5.74, 6) is 0.980. The summed E-state index contributed by atoms with van der Waals surface area (Å²) in [7, 11) is -3.97. The molecule has 1 saturated carbocycles. The molecule has 1 fully saturated rings. The lowest BCUT2D eigenvalue weighted by atomic mass is 9.89.